The maximum Gasteiger partial charge on any atom is 0.407 e. The molecule has 0 bridgehead atoms. The zero-order valence-electron chi connectivity index (χ0n) is 22.6. The number of nitrogens with two attached hydrogens (primary N) is 1. The first-order chi connectivity index (χ1) is 19.0. The first-order valence-corrected chi connectivity index (χ1v) is 14.1. The van der Waals surface area contributed by atoms with Crippen molar-refractivity contribution in [1.29, 1.82) is 0 Å². The predicted molar refractivity (Wildman–Crippen MR) is 160 cm³/mol. The van der Waals surface area contributed by atoms with Gasteiger partial charge in [0.05, 0.1) is 4.43 Å². The lowest BCUT2D eigenvalue weighted by atomic mass is 10.0. The fraction of sp³-hybridized carbons (Fsp3) is 0.370. The Bertz CT molecular complexity index is 1170. The number of hydrogen-bond acceptors (Lipinski definition) is 7. The number of nitrogens with one attached hydrogen (secondary N) is 5. The summed E-state index contributed by atoms with van der Waals surface area (Å²) in [7, 11) is 0. The summed E-state index contributed by atoms with van der Waals surface area (Å²) in [6, 6.07) is 11.2. The van der Waals surface area contributed by atoms with Crippen LogP contribution in [0.1, 0.15) is 36.7 Å². The molecule has 40 heavy (non-hydrogen) atoms. The third-order valence-electron chi connectivity index (χ3n) is 5.55. The minimum absolute atomic E-state index is 0.0543. The number of alkyl carbamates (subject to hydrolysis) is 1. The summed E-state index contributed by atoms with van der Waals surface area (Å²) in [6.45, 7) is 5.79. The molecular formula is C27H35IN6O6. The first kappa shape index (κ1) is 32.5. The van der Waals surface area contributed by atoms with E-state index in [1.807, 2.05) is 22.6 Å². The van der Waals surface area contributed by atoms with Crippen molar-refractivity contribution in [3.05, 3.63) is 59.7 Å². The Morgan fingerprint density at radius 3 is 2.02 bits per heavy atom. The number of anilines is 2. The van der Waals surface area contributed by atoms with Crippen LogP contribution in [-0.4, -0.2) is 59.3 Å². The van der Waals surface area contributed by atoms with Crippen molar-refractivity contribution in [1.82, 2.24) is 16.0 Å². The standard InChI is InChI=1S/C27H35IN6O6/c1-16(2)23(34-25(37)19-6-10-20(11-7-19)32-22(35)14-28)26(38)31-17(3)24(36)33-21-8-4-18(5-9-21)15-40-27(39)30-13-12-29/h4-11,16-17,23H,12-15,29H2,1-3H3,(H,30,39)(H,31,38)(H,32,35)(H,33,36)(H,34,37)/t17-,23-/m0/s1. The number of amides is 5. The highest BCUT2D eigenvalue weighted by Gasteiger charge is 2.27. The van der Waals surface area contributed by atoms with Crippen molar-refractivity contribution in [3.8, 4) is 0 Å². The van der Waals surface area contributed by atoms with Gasteiger partial charge in [-0.05, 0) is 54.8 Å². The molecule has 13 heteroatoms. The van der Waals surface area contributed by atoms with E-state index in [9.17, 15) is 24.0 Å². The highest BCUT2D eigenvalue weighted by atomic mass is 127. The van der Waals surface area contributed by atoms with Crippen LogP contribution < -0.4 is 32.3 Å². The fourth-order valence-electron chi connectivity index (χ4n) is 3.34. The number of benzene rings is 2. The van der Waals surface area contributed by atoms with E-state index in [4.69, 9.17) is 10.5 Å². The molecule has 0 aromatic heterocycles. The van der Waals surface area contributed by atoms with Crippen LogP contribution in [0, 0.1) is 5.92 Å². The van der Waals surface area contributed by atoms with Gasteiger partial charge in [0.25, 0.3) is 5.91 Å². The summed E-state index contributed by atoms with van der Waals surface area (Å²) in [6.07, 6.45) is -0.571. The molecule has 0 aliphatic rings. The van der Waals surface area contributed by atoms with E-state index in [0.717, 1.165) is 5.56 Å². The topological polar surface area (TPSA) is 181 Å². The fourth-order valence-corrected chi connectivity index (χ4v) is 3.53. The van der Waals surface area contributed by atoms with Crippen LogP contribution in [0.3, 0.4) is 0 Å². The van der Waals surface area contributed by atoms with Gasteiger partial charge in [0.15, 0.2) is 0 Å². The van der Waals surface area contributed by atoms with Crippen molar-refractivity contribution < 1.29 is 28.7 Å². The Kier molecular flexibility index (Phi) is 13.3. The third kappa shape index (κ3) is 10.8. The smallest absolute Gasteiger partial charge is 0.407 e. The van der Waals surface area contributed by atoms with Gasteiger partial charge < -0.3 is 37.1 Å². The molecule has 5 amide bonds. The molecule has 0 spiro atoms. The molecule has 0 radical (unpaired) electrons. The minimum atomic E-state index is -0.888. The number of alkyl halides is 1. The molecule has 0 saturated heterocycles. The van der Waals surface area contributed by atoms with Gasteiger partial charge in [0.1, 0.15) is 18.7 Å². The number of hydrogen-bond donors (Lipinski definition) is 6. The molecule has 2 aromatic carbocycles. The second-order valence-electron chi connectivity index (χ2n) is 9.16. The van der Waals surface area contributed by atoms with E-state index < -0.39 is 35.9 Å². The molecule has 0 heterocycles. The molecule has 0 fully saturated rings. The molecule has 12 nitrogen and oxygen atoms in total. The van der Waals surface area contributed by atoms with Crippen molar-refractivity contribution in [2.45, 2.75) is 39.5 Å². The van der Waals surface area contributed by atoms with E-state index in [0.29, 0.717) is 34.5 Å². The Morgan fingerprint density at radius 1 is 0.850 bits per heavy atom. The van der Waals surface area contributed by atoms with E-state index in [1.165, 1.54) is 6.92 Å². The van der Waals surface area contributed by atoms with Gasteiger partial charge in [0, 0.05) is 30.0 Å². The van der Waals surface area contributed by atoms with Gasteiger partial charge >= 0.3 is 6.09 Å². The second kappa shape index (κ2) is 16.4. The van der Waals surface area contributed by atoms with Gasteiger partial charge in [-0.15, -0.1) is 0 Å². The van der Waals surface area contributed by atoms with Crippen LogP contribution in [0.2, 0.25) is 0 Å². The summed E-state index contributed by atoms with van der Waals surface area (Å²) in [5.41, 5.74) is 7.42. The monoisotopic (exact) mass is 666 g/mol. The summed E-state index contributed by atoms with van der Waals surface area (Å²) >= 11 is 1.95. The second-order valence-corrected chi connectivity index (χ2v) is 9.93. The molecule has 2 atom stereocenters. The van der Waals surface area contributed by atoms with Crippen LogP contribution >= 0.6 is 22.6 Å². The van der Waals surface area contributed by atoms with E-state index in [-0.39, 0.29) is 18.4 Å². The number of carbonyl (C=O) groups is 5. The van der Waals surface area contributed by atoms with Crippen molar-refractivity contribution in [3.63, 3.8) is 0 Å². The first-order valence-electron chi connectivity index (χ1n) is 12.6. The summed E-state index contributed by atoms with van der Waals surface area (Å²) < 4.78 is 5.37. The van der Waals surface area contributed by atoms with E-state index in [1.54, 1.807) is 62.4 Å². The van der Waals surface area contributed by atoms with E-state index >= 15 is 0 Å². The van der Waals surface area contributed by atoms with E-state index in [2.05, 4.69) is 26.6 Å². The number of rotatable bonds is 13. The summed E-state index contributed by atoms with van der Waals surface area (Å²) in [5, 5.41) is 13.3. The lowest BCUT2D eigenvalue weighted by molar-refractivity contribution is -0.128. The number of carbonyl (C=O) groups excluding carboxylic acids is 5. The van der Waals surface area contributed by atoms with Crippen molar-refractivity contribution >= 4 is 63.7 Å². The Labute approximate surface area is 246 Å². The molecule has 2 aromatic rings. The molecule has 7 N–H and O–H groups in total. The zero-order chi connectivity index (χ0) is 29.7. The number of halogens is 1. The lowest BCUT2D eigenvalue weighted by Gasteiger charge is -2.24. The Balaban J connectivity index is 1.90. The van der Waals surface area contributed by atoms with Crippen LogP contribution in [-0.2, 0) is 25.7 Å². The molecule has 0 saturated carbocycles. The van der Waals surface area contributed by atoms with Crippen LogP contribution in [0.5, 0.6) is 0 Å². The van der Waals surface area contributed by atoms with Crippen molar-refractivity contribution in [2.75, 3.05) is 28.2 Å². The largest absolute Gasteiger partial charge is 0.445 e. The number of ether oxygens (including phenoxy) is 1. The van der Waals surface area contributed by atoms with Crippen LogP contribution in [0.15, 0.2) is 48.5 Å². The SMILES string of the molecule is CC(C)[C@H](NC(=O)c1ccc(NC(=O)CI)cc1)C(=O)N[C@@H](C)C(=O)Nc1ccc(COC(=O)NCCN)cc1. The van der Waals surface area contributed by atoms with Gasteiger partial charge in [-0.3, -0.25) is 19.2 Å². The highest BCUT2D eigenvalue weighted by Crippen LogP contribution is 2.13. The molecule has 216 valence electrons. The predicted octanol–water partition coefficient (Wildman–Crippen LogP) is 2.14. The van der Waals surface area contributed by atoms with Gasteiger partial charge in [-0.1, -0.05) is 48.6 Å². The zero-order valence-corrected chi connectivity index (χ0v) is 24.7. The van der Waals surface area contributed by atoms with Crippen LogP contribution in [0.4, 0.5) is 16.2 Å². The normalized spacial score (nSPS) is 12.1. The molecule has 0 aliphatic carbocycles. The summed E-state index contributed by atoms with van der Waals surface area (Å²) in [5.74, 6) is -1.82. The minimum Gasteiger partial charge on any atom is -0.445 e. The van der Waals surface area contributed by atoms with Gasteiger partial charge in [0.2, 0.25) is 17.7 Å². The van der Waals surface area contributed by atoms with Crippen molar-refractivity contribution in [2.24, 2.45) is 11.7 Å². The lowest BCUT2D eigenvalue weighted by Crippen LogP contribution is -2.53. The average molecular weight is 667 g/mol. The van der Waals surface area contributed by atoms with Gasteiger partial charge in [-0.25, -0.2) is 4.79 Å². The highest BCUT2D eigenvalue weighted by molar-refractivity contribution is 14.1. The third-order valence-corrected chi connectivity index (χ3v) is 6.24. The average Bonchev–Trinajstić information content (AvgIpc) is 2.94. The van der Waals surface area contributed by atoms with Crippen LogP contribution in [0.25, 0.3) is 0 Å². The van der Waals surface area contributed by atoms with Gasteiger partial charge in [-0.2, -0.15) is 0 Å². The molecule has 0 unspecified atom stereocenters. The quantitative estimate of drug-likeness (QED) is 0.140. The Morgan fingerprint density at radius 2 is 1.45 bits per heavy atom. The molecule has 2 rings (SSSR count). The maximum atomic E-state index is 13.0. The Hall–Kier alpha value is -3.72. The molecule has 0 aliphatic heterocycles. The maximum absolute atomic E-state index is 13.0. The molecular weight excluding hydrogens is 631 g/mol. The summed E-state index contributed by atoms with van der Waals surface area (Å²) in [4.78, 5) is 61.5.